The summed E-state index contributed by atoms with van der Waals surface area (Å²) in [6.45, 7) is 3.90. The zero-order valence-electron chi connectivity index (χ0n) is 15.6. The number of amides is 1. The zero-order chi connectivity index (χ0) is 21.2. The molecule has 0 aliphatic carbocycles. The lowest BCUT2D eigenvalue weighted by molar-refractivity contribution is -0.0188. The molecular formula is C18H25NO7S2. The van der Waals surface area contributed by atoms with Gasteiger partial charge in [-0.2, -0.15) is 0 Å². The van der Waals surface area contributed by atoms with Crippen molar-refractivity contribution in [2.75, 3.05) is 25.1 Å². The van der Waals surface area contributed by atoms with E-state index in [9.17, 15) is 26.7 Å². The van der Waals surface area contributed by atoms with Crippen LogP contribution >= 0.6 is 0 Å². The summed E-state index contributed by atoms with van der Waals surface area (Å²) in [6.07, 6.45) is 1.64. The van der Waals surface area contributed by atoms with Gasteiger partial charge in [-0.05, 0) is 37.0 Å². The average molecular weight is 432 g/mol. The first-order chi connectivity index (χ1) is 12.9. The Bertz CT molecular complexity index is 929. The minimum absolute atomic E-state index is 0.00540. The number of hydrogen-bond acceptors (Lipinski definition) is 6. The van der Waals surface area contributed by atoms with Crippen molar-refractivity contribution in [2.24, 2.45) is 0 Å². The van der Waals surface area contributed by atoms with E-state index in [1.165, 1.54) is 35.2 Å². The molecule has 10 heteroatoms. The summed E-state index contributed by atoms with van der Waals surface area (Å²) in [5.74, 6) is -0.291. The van der Waals surface area contributed by atoms with Gasteiger partial charge in [0, 0.05) is 19.3 Å². The molecule has 0 radical (unpaired) electrons. The highest BCUT2D eigenvalue weighted by atomic mass is 32.2. The normalized spacial score (nSPS) is 18.4. The van der Waals surface area contributed by atoms with E-state index in [-0.39, 0.29) is 43.0 Å². The van der Waals surface area contributed by atoms with E-state index in [4.69, 9.17) is 5.11 Å². The summed E-state index contributed by atoms with van der Waals surface area (Å²) in [5.41, 5.74) is -0.833. The number of aliphatic hydroxyl groups is 1. The number of hydrogen-bond donors (Lipinski definition) is 2. The summed E-state index contributed by atoms with van der Waals surface area (Å²) in [5, 5.41) is 18.6. The van der Waals surface area contributed by atoms with Crippen LogP contribution in [-0.4, -0.2) is 68.7 Å². The number of benzene rings is 1. The van der Waals surface area contributed by atoms with Crippen molar-refractivity contribution in [3.63, 3.8) is 0 Å². The summed E-state index contributed by atoms with van der Waals surface area (Å²) in [4.78, 5) is 12.2. The van der Waals surface area contributed by atoms with Crippen LogP contribution in [0.5, 0.6) is 0 Å². The van der Waals surface area contributed by atoms with Crippen LogP contribution in [-0.2, 0) is 19.7 Å². The lowest BCUT2D eigenvalue weighted by atomic mass is 9.89. The number of carbonyl (C=O) groups is 1. The number of piperidine rings is 1. The fourth-order valence-corrected chi connectivity index (χ4v) is 5.63. The van der Waals surface area contributed by atoms with Gasteiger partial charge in [0.1, 0.15) is 5.25 Å². The fraction of sp³-hybridized carbons (Fsp3) is 0.500. The van der Waals surface area contributed by atoms with Crippen molar-refractivity contribution in [3.8, 4) is 0 Å². The van der Waals surface area contributed by atoms with E-state index in [1.807, 2.05) is 0 Å². The molecule has 0 bridgehead atoms. The Labute approximate surface area is 165 Å². The molecule has 2 rings (SSSR count). The van der Waals surface area contributed by atoms with Crippen molar-refractivity contribution >= 4 is 25.8 Å². The molecule has 0 aromatic heterocycles. The quantitative estimate of drug-likeness (QED) is 0.628. The molecular weight excluding hydrogens is 406 g/mol. The second-order valence-electron chi connectivity index (χ2n) is 7.11. The Balaban J connectivity index is 2.10. The van der Waals surface area contributed by atoms with Crippen LogP contribution in [0.1, 0.15) is 30.1 Å². The van der Waals surface area contributed by atoms with Gasteiger partial charge in [0.2, 0.25) is 0 Å². The molecule has 8 nitrogen and oxygen atoms in total. The van der Waals surface area contributed by atoms with Crippen LogP contribution in [0.25, 0.3) is 0 Å². The molecule has 28 heavy (non-hydrogen) atoms. The molecule has 1 saturated heterocycles. The first-order valence-corrected chi connectivity index (χ1v) is 12.3. The van der Waals surface area contributed by atoms with Crippen molar-refractivity contribution in [2.45, 2.75) is 35.0 Å². The Kier molecular flexibility index (Phi) is 6.57. The molecule has 1 fully saturated rings. The van der Waals surface area contributed by atoms with Gasteiger partial charge >= 0.3 is 6.09 Å². The molecule has 1 heterocycles. The summed E-state index contributed by atoms with van der Waals surface area (Å²) < 4.78 is 48.7. The van der Waals surface area contributed by atoms with Crippen LogP contribution in [0.4, 0.5) is 4.79 Å². The first-order valence-electron chi connectivity index (χ1n) is 8.72. The van der Waals surface area contributed by atoms with Crippen LogP contribution < -0.4 is 0 Å². The average Bonchev–Trinajstić information content (AvgIpc) is 2.61. The summed E-state index contributed by atoms with van der Waals surface area (Å²) in [6, 6.07) is 5.60. The molecule has 1 amide bonds. The van der Waals surface area contributed by atoms with Crippen LogP contribution in [0.2, 0.25) is 0 Å². The van der Waals surface area contributed by atoms with Crippen LogP contribution in [0.15, 0.2) is 41.8 Å². The van der Waals surface area contributed by atoms with E-state index >= 15 is 0 Å². The number of likely N-dealkylation sites (tertiary alicyclic amines) is 1. The standard InChI is InChI=1S/C18H25NO7S2/c1-3-16(14-4-6-15(7-5-14)27(2,23)24)28(25,26)13-10-18(22)8-11-19(12-9-18)17(20)21/h3-7,16,22H,1,8-13H2,2H3,(H,20,21). The minimum atomic E-state index is -3.70. The van der Waals surface area contributed by atoms with Crippen molar-refractivity contribution in [1.82, 2.24) is 4.90 Å². The lowest BCUT2D eigenvalue weighted by Gasteiger charge is -2.37. The van der Waals surface area contributed by atoms with Gasteiger partial charge in [0.25, 0.3) is 0 Å². The van der Waals surface area contributed by atoms with Crippen molar-refractivity contribution in [1.29, 1.82) is 0 Å². The van der Waals surface area contributed by atoms with Gasteiger partial charge in [0.15, 0.2) is 19.7 Å². The van der Waals surface area contributed by atoms with Gasteiger partial charge in [0.05, 0.1) is 16.2 Å². The SMILES string of the molecule is C=CC(c1ccc(S(C)(=O)=O)cc1)S(=O)(=O)CCC1(O)CCN(C(=O)O)CC1. The van der Waals surface area contributed by atoms with Gasteiger partial charge < -0.3 is 15.1 Å². The topological polar surface area (TPSA) is 129 Å². The third kappa shape index (κ3) is 5.33. The molecule has 1 aromatic rings. The van der Waals surface area contributed by atoms with E-state index in [2.05, 4.69) is 6.58 Å². The smallest absolute Gasteiger partial charge is 0.407 e. The fourth-order valence-electron chi connectivity index (χ4n) is 3.22. The van der Waals surface area contributed by atoms with Crippen molar-refractivity contribution < 1.29 is 31.8 Å². The van der Waals surface area contributed by atoms with Crippen LogP contribution in [0, 0.1) is 0 Å². The predicted molar refractivity (Wildman–Crippen MR) is 105 cm³/mol. The Morgan fingerprint density at radius 2 is 1.75 bits per heavy atom. The van der Waals surface area contributed by atoms with Gasteiger partial charge in [-0.15, -0.1) is 6.58 Å². The summed E-state index contributed by atoms with van der Waals surface area (Å²) >= 11 is 0. The van der Waals surface area contributed by atoms with E-state index < -0.39 is 36.6 Å². The van der Waals surface area contributed by atoms with Gasteiger partial charge in [-0.1, -0.05) is 18.2 Å². The Morgan fingerprint density at radius 3 is 2.18 bits per heavy atom. The summed E-state index contributed by atoms with van der Waals surface area (Å²) in [7, 11) is -7.08. The number of nitrogens with zero attached hydrogens (tertiary/aromatic N) is 1. The number of sulfone groups is 2. The monoisotopic (exact) mass is 431 g/mol. The van der Waals surface area contributed by atoms with Crippen molar-refractivity contribution in [3.05, 3.63) is 42.5 Å². The molecule has 156 valence electrons. The Morgan fingerprint density at radius 1 is 1.21 bits per heavy atom. The van der Waals surface area contributed by atoms with Gasteiger partial charge in [-0.25, -0.2) is 21.6 Å². The maximum Gasteiger partial charge on any atom is 0.407 e. The molecule has 1 aliphatic heterocycles. The van der Waals surface area contributed by atoms with Crippen LogP contribution in [0.3, 0.4) is 0 Å². The zero-order valence-corrected chi connectivity index (χ0v) is 17.2. The van der Waals surface area contributed by atoms with E-state index in [1.54, 1.807) is 0 Å². The van der Waals surface area contributed by atoms with E-state index in [0.717, 1.165) is 6.26 Å². The number of carboxylic acid groups (broad SMARTS) is 1. The second kappa shape index (κ2) is 8.22. The molecule has 1 aromatic carbocycles. The maximum absolute atomic E-state index is 12.8. The highest BCUT2D eigenvalue weighted by Crippen LogP contribution is 2.30. The third-order valence-corrected chi connectivity index (χ3v) is 8.19. The maximum atomic E-state index is 12.8. The third-order valence-electron chi connectivity index (χ3n) is 5.05. The van der Waals surface area contributed by atoms with Gasteiger partial charge in [-0.3, -0.25) is 0 Å². The minimum Gasteiger partial charge on any atom is -0.465 e. The molecule has 0 spiro atoms. The highest BCUT2D eigenvalue weighted by molar-refractivity contribution is 7.91. The molecule has 2 N–H and O–H groups in total. The predicted octanol–water partition coefficient (Wildman–Crippen LogP) is 1.63. The molecule has 1 atom stereocenters. The largest absolute Gasteiger partial charge is 0.465 e. The number of rotatable bonds is 7. The van der Waals surface area contributed by atoms with E-state index in [0.29, 0.717) is 5.56 Å². The molecule has 1 unspecified atom stereocenters. The highest BCUT2D eigenvalue weighted by Gasteiger charge is 2.36. The second-order valence-corrected chi connectivity index (χ2v) is 11.4. The first kappa shape index (κ1) is 22.4. The molecule has 0 saturated carbocycles. The molecule has 1 aliphatic rings. The Hall–Kier alpha value is -1.91. The lowest BCUT2D eigenvalue weighted by Crippen LogP contribution is -2.47.